The fourth-order valence-corrected chi connectivity index (χ4v) is 4.02. The van der Waals surface area contributed by atoms with Gasteiger partial charge in [0, 0.05) is 23.7 Å². The van der Waals surface area contributed by atoms with Gasteiger partial charge in [0.25, 0.3) is 17.4 Å². The quantitative estimate of drug-likeness (QED) is 0.388. The molecule has 0 aliphatic heterocycles. The molecule has 8 heteroatoms. The van der Waals surface area contributed by atoms with E-state index in [1.165, 1.54) is 4.68 Å². The third-order valence-electron chi connectivity index (χ3n) is 6.01. The molecule has 0 bridgehead atoms. The SMILES string of the molecule is Cc1c(NC(=O)c2cccc(NC(=O)c3ccc4ccccc4n3)c2)c(=O)n(-c2ccccc2)n1C. The Bertz CT molecular complexity index is 1670. The number of pyridine rings is 1. The molecule has 0 atom stereocenters. The van der Waals surface area contributed by atoms with Crippen molar-refractivity contribution in [3.8, 4) is 5.69 Å². The fraction of sp³-hybridized carbons (Fsp3) is 0.0714. The van der Waals surface area contributed by atoms with Gasteiger partial charge in [-0.05, 0) is 49.4 Å². The molecule has 0 fully saturated rings. The third-order valence-corrected chi connectivity index (χ3v) is 6.01. The van der Waals surface area contributed by atoms with Gasteiger partial charge in [0.1, 0.15) is 11.4 Å². The Morgan fingerprint density at radius 3 is 2.36 bits per heavy atom. The summed E-state index contributed by atoms with van der Waals surface area (Å²) in [6.07, 6.45) is 0. The first-order valence-corrected chi connectivity index (χ1v) is 11.3. The minimum Gasteiger partial charge on any atom is -0.321 e. The van der Waals surface area contributed by atoms with E-state index in [4.69, 9.17) is 0 Å². The summed E-state index contributed by atoms with van der Waals surface area (Å²) >= 11 is 0. The molecule has 5 aromatic rings. The molecule has 0 saturated carbocycles. The zero-order chi connectivity index (χ0) is 25.2. The second-order valence-electron chi connectivity index (χ2n) is 8.31. The molecule has 178 valence electrons. The largest absolute Gasteiger partial charge is 0.321 e. The molecule has 2 heterocycles. The average molecular weight is 478 g/mol. The van der Waals surface area contributed by atoms with E-state index < -0.39 is 5.91 Å². The van der Waals surface area contributed by atoms with Crippen LogP contribution in [0.3, 0.4) is 0 Å². The van der Waals surface area contributed by atoms with E-state index in [0.717, 1.165) is 10.9 Å². The number of anilines is 2. The molecule has 0 unspecified atom stereocenters. The summed E-state index contributed by atoms with van der Waals surface area (Å²) in [6, 6.07) is 26.8. The Kier molecular flexibility index (Phi) is 5.92. The van der Waals surface area contributed by atoms with Crippen molar-refractivity contribution in [2.24, 2.45) is 7.05 Å². The minimum atomic E-state index is -0.457. The maximum atomic E-state index is 13.1. The summed E-state index contributed by atoms with van der Waals surface area (Å²) in [7, 11) is 1.76. The number of amides is 2. The van der Waals surface area contributed by atoms with Crippen LogP contribution in [0, 0.1) is 6.92 Å². The molecule has 3 aromatic carbocycles. The molecule has 0 aliphatic rings. The topological polar surface area (TPSA) is 98.0 Å². The first kappa shape index (κ1) is 22.8. The summed E-state index contributed by atoms with van der Waals surface area (Å²) < 4.78 is 3.19. The van der Waals surface area contributed by atoms with E-state index >= 15 is 0 Å². The number of rotatable bonds is 5. The van der Waals surface area contributed by atoms with Crippen molar-refractivity contribution in [2.45, 2.75) is 6.92 Å². The Labute approximate surface area is 206 Å². The summed E-state index contributed by atoms with van der Waals surface area (Å²) in [5.41, 5.74) is 2.90. The number of benzene rings is 3. The van der Waals surface area contributed by atoms with Crippen molar-refractivity contribution >= 4 is 34.1 Å². The highest BCUT2D eigenvalue weighted by Gasteiger charge is 2.19. The van der Waals surface area contributed by atoms with Gasteiger partial charge in [0.15, 0.2) is 0 Å². The number of carbonyl (C=O) groups excluding carboxylic acids is 2. The molecule has 0 aliphatic carbocycles. The molecule has 0 spiro atoms. The zero-order valence-electron chi connectivity index (χ0n) is 19.7. The average Bonchev–Trinajstić information content (AvgIpc) is 3.11. The Morgan fingerprint density at radius 2 is 1.56 bits per heavy atom. The smallest absolute Gasteiger partial charge is 0.295 e. The lowest BCUT2D eigenvalue weighted by Crippen LogP contribution is -2.23. The first-order chi connectivity index (χ1) is 17.4. The number of carbonyl (C=O) groups is 2. The van der Waals surface area contributed by atoms with Crippen molar-refractivity contribution in [1.29, 1.82) is 0 Å². The van der Waals surface area contributed by atoms with Crippen LogP contribution in [-0.2, 0) is 7.05 Å². The van der Waals surface area contributed by atoms with Crippen LogP contribution in [0.1, 0.15) is 26.5 Å². The third kappa shape index (κ3) is 4.27. The highest BCUT2D eigenvalue weighted by Crippen LogP contribution is 2.18. The maximum Gasteiger partial charge on any atom is 0.295 e. The van der Waals surface area contributed by atoms with Gasteiger partial charge >= 0.3 is 0 Å². The Morgan fingerprint density at radius 1 is 0.806 bits per heavy atom. The highest BCUT2D eigenvalue weighted by molar-refractivity contribution is 6.07. The van der Waals surface area contributed by atoms with Gasteiger partial charge in [-0.1, -0.05) is 48.5 Å². The summed E-state index contributed by atoms with van der Waals surface area (Å²) in [5, 5.41) is 6.47. The van der Waals surface area contributed by atoms with Crippen LogP contribution in [0.5, 0.6) is 0 Å². The van der Waals surface area contributed by atoms with E-state index in [2.05, 4.69) is 15.6 Å². The number of nitrogens with zero attached hydrogens (tertiary/aromatic N) is 3. The van der Waals surface area contributed by atoms with Crippen molar-refractivity contribution in [3.05, 3.63) is 118 Å². The summed E-state index contributed by atoms with van der Waals surface area (Å²) in [5.74, 6) is -0.844. The van der Waals surface area contributed by atoms with Crippen molar-refractivity contribution < 1.29 is 9.59 Å². The van der Waals surface area contributed by atoms with Crippen LogP contribution >= 0.6 is 0 Å². The minimum absolute atomic E-state index is 0.196. The van der Waals surface area contributed by atoms with Gasteiger partial charge in [-0.2, -0.15) is 0 Å². The number of aromatic nitrogens is 3. The second kappa shape index (κ2) is 9.34. The normalized spacial score (nSPS) is 10.8. The number of para-hydroxylation sites is 2. The van der Waals surface area contributed by atoms with E-state index in [1.807, 2.05) is 60.7 Å². The van der Waals surface area contributed by atoms with Crippen LogP contribution < -0.4 is 16.2 Å². The van der Waals surface area contributed by atoms with Crippen molar-refractivity contribution in [3.63, 3.8) is 0 Å². The van der Waals surface area contributed by atoms with Crippen LogP contribution in [-0.4, -0.2) is 26.2 Å². The predicted octanol–water partition coefficient (Wildman–Crippen LogP) is 4.54. The molecule has 36 heavy (non-hydrogen) atoms. The van der Waals surface area contributed by atoms with Crippen LogP contribution in [0.25, 0.3) is 16.6 Å². The number of hydrogen-bond donors (Lipinski definition) is 2. The Balaban J connectivity index is 1.36. The van der Waals surface area contributed by atoms with Gasteiger partial charge < -0.3 is 10.6 Å². The van der Waals surface area contributed by atoms with Gasteiger partial charge in [-0.3, -0.25) is 19.1 Å². The lowest BCUT2D eigenvalue weighted by molar-refractivity contribution is 0.101. The van der Waals surface area contributed by atoms with Gasteiger partial charge in [-0.15, -0.1) is 0 Å². The van der Waals surface area contributed by atoms with Crippen molar-refractivity contribution in [2.75, 3.05) is 10.6 Å². The molecule has 2 N–H and O–H groups in total. The monoisotopic (exact) mass is 477 g/mol. The predicted molar refractivity (Wildman–Crippen MR) is 140 cm³/mol. The molecule has 2 amide bonds. The molecular formula is C28H23N5O3. The molecule has 5 rings (SSSR count). The molecular weight excluding hydrogens is 454 g/mol. The molecule has 2 aromatic heterocycles. The van der Waals surface area contributed by atoms with Gasteiger partial charge in [0.2, 0.25) is 0 Å². The summed E-state index contributed by atoms with van der Waals surface area (Å²) in [4.78, 5) is 43.3. The van der Waals surface area contributed by atoms with Crippen LogP contribution in [0.2, 0.25) is 0 Å². The van der Waals surface area contributed by atoms with Gasteiger partial charge in [-0.25, -0.2) is 9.67 Å². The van der Waals surface area contributed by atoms with Crippen LogP contribution in [0.15, 0.2) is 95.8 Å². The van der Waals surface area contributed by atoms with Crippen molar-refractivity contribution in [1.82, 2.24) is 14.3 Å². The van der Waals surface area contributed by atoms with E-state index in [9.17, 15) is 14.4 Å². The lowest BCUT2D eigenvalue weighted by atomic mass is 10.1. The number of nitrogens with one attached hydrogen (secondary N) is 2. The molecule has 8 nitrogen and oxygen atoms in total. The van der Waals surface area contributed by atoms with E-state index in [-0.39, 0.29) is 22.8 Å². The zero-order valence-corrected chi connectivity index (χ0v) is 19.7. The van der Waals surface area contributed by atoms with E-state index in [1.54, 1.807) is 49.0 Å². The molecule has 0 radical (unpaired) electrons. The standard InChI is InChI=1S/C28H23N5O3/c1-18-25(28(36)33(32(18)2)22-12-4-3-5-13-22)31-26(34)20-10-8-11-21(17-20)29-27(35)24-16-15-19-9-6-7-14-23(19)30-24/h3-17H,1-2H3,(H,29,35)(H,31,34). The fourth-order valence-electron chi connectivity index (χ4n) is 4.02. The second-order valence-corrected chi connectivity index (χ2v) is 8.31. The molecule has 0 saturated heterocycles. The highest BCUT2D eigenvalue weighted by atomic mass is 16.2. The summed E-state index contributed by atoms with van der Waals surface area (Å²) in [6.45, 7) is 1.77. The first-order valence-electron chi connectivity index (χ1n) is 11.3. The number of hydrogen-bond acceptors (Lipinski definition) is 4. The van der Waals surface area contributed by atoms with E-state index in [0.29, 0.717) is 22.6 Å². The number of fused-ring (bicyclic) bond motifs is 1. The Hall–Kier alpha value is -4.98. The lowest BCUT2D eigenvalue weighted by Gasteiger charge is -2.08. The van der Waals surface area contributed by atoms with Crippen LogP contribution in [0.4, 0.5) is 11.4 Å². The maximum absolute atomic E-state index is 13.1. The van der Waals surface area contributed by atoms with Gasteiger partial charge in [0.05, 0.1) is 16.9 Å².